The summed E-state index contributed by atoms with van der Waals surface area (Å²) in [5, 5.41) is 10.0. The molecule has 1 N–H and O–H groups in total. The van der Waals surface area contributed by atoms with Gasteiger partial charge >= 0.3 is 0 Å². The minimum absolute atomic E-state index is 0.234. The molecule has 1 amide bonds. The summed E-state index contributed by atoms with van der Waals surface area (Å²) in [6.07, 6.45) is 0.607. The number of amides is 1. The van der Waals surface area contributed by atoms with E-state index in [1.54, 1.807) is 16.6 Å². The summed E-state index contributed by atoms with van der Waals surface area (Å²) in [6, 6.07) is 12.8. The maximum atomic E-state index is 12.9. The summed E-state index contributed by atoms with van der Waals surface area (Å²) in [5.41, 5.74) is 2.28. The van der Waals surface area contributed by atoms with Crippen molar-refractivity contribution in [2.45, 2.75) is 6.42 Å². The fourth-order valence-corrected chi connectivity index (χ4v) is 3.61. The third-order valence-corrected chi connectivity index (χ3v) is 5.14. The molecule has 5 nitrogen and oxygen atoms in total. The van der Waals surface area contributed by atoms with Crippen LogP contribution in [0.5, 0.6) is 0 Å². The van der Waals surface area contributed by atoms with Gasteiger partial charge in [0.05, 0.1) is 5.69 Å². The Kier molecular flexibility index (Phi) is 4.87. The molecule has 2 heterocycles. The molecule has 0 saturated heterocycles. The zero-order valence-corrected chi connectivity index (χ0v) is 15.6. The van der Waals surface area contributed by atoms with Crippen LogP contribution in [0, 0.1) is 5.82 Å². The predicted octanol–water partition coefficient (Wildman–Crippen LogP) is 4.22. The second kappa shape index (κ2) is 7.46. The first-order chi connectivity index (χ1) is 13.1. The van der Waals surface area contributed by atoms with E-state index in [9.17, 15) is 9.18 Å². The van der Waals surface area contributed by atoms with Crippen molar-refractivity contribution in [2.75, 3.05) is 6.54 Å². The number of hydrogen-bond donors (Lipinski definition) is 1. The minimum Gasteiger partial charge on any atom is -0.352 e. The zero-order valence-electron chi connectivity index (χ0n) is 14.0. The molecule has 2 aromatic heterocycles. The van der Waals surface area contributed by atoms with Crippen molar-refractivity contribution >= 4 is 33.8 Å². The van der Waals surface area contributed by atoms with E-state index in [0.717, 1.165) is 16.2 Å². The van der Waals surface area contributed by atoms with E-state index in [0.29, 0.717) is 29.4 Å². The van der Waals surface area contributed by atoms with Gasteiger partial charge in [0, 0.05) is 34.5 Å². The third-order valence-electron chi connectivity index (χ3n) is 4.03. The van der Waals surface area contributed by atoms with Crippen molar-refractivity contribution in [3.05, 3.63) is 76.0 Å². The molecule has 0 atom stereocenters. The Bertz CT molecular complexity index is 1090. The average Bonchev–Trinajstić information content (AvgIpc) is 3.24. The van der Waals surface area contributed by atoms with Gasteiger partial charge in [-0.25, -0.2) is 8.91 Å². The van der Waals surface area contributed by atoms with E-state index < -0.39 is 0 Å². The first kappa shape index (κ1) is 17.6. The van der Waals surface area contributed by atoms with E-state index in [1.807, 2.05) is 17.5 Å². The molecule has 0 aliphatic heterocycles. The summed E-state index contributed by atoms with van der Waals surface area (Å²) in [6.45, 7) is 0.443. The van der Waals surface area contributed by atoms with Gasteiger partial charge in [-0.05, 0) is 48.5 Å². The maximum absolute atomic E-state index is 12.9. The molecule has 0 aliphatic rings. The van der Waals surface area contributed by atoms with E-state index >= 15 is 0 Å². The van der Waals surface area contributed by atoms with Gasteiger partial charge in [-0.15, -0.1) is 16.4 Å². The predicted molar refractivity (Wildman–Crippen MR) is 104 cm³/mol. The zero-order chi connectivity index (χ0) is 18.8. The molecule has 0 unspecified atom stereocenters. The second-order valence-corrected chi connectivity index (χ2v) is 7.15. The van der Waals surface area contributed by atoms with Crippen LogP contribution in [0.1, 0.15) is 16.1 Å². The van der Waals surface area contributed by atoms with E-state index in [1.165, 1.54) is 35.6 Å². The number of benzene rings is 2. The maximum Gasteiger partial charge on any atom is 0.251 e. The molecule has 8 heteroatoms. The van der Waals surface area contributed by atoms with Crippen LogP contribution in [0.15, 0.2) is 53.9 Å². The summed E-state index contributed by atoms with van der Waals surface area (Å²) in [5.74, 6) is 0.0342. The number of aromatic nitrogens is 3. The quantitative estimate of drug-likeness (QED) is 0.545. The highest BCUT2D eigenvalue weighted by atomic mass is 35.5. The largest absolute Gasteiger partial charge is 0.352 e. The highest BCUT2D eigenvalue weighted by Gasteiger charge is 2.12. The molecule has 0 radical (unpaired) electrons. The molecular formula is C19H14ClFN4OS. The van der Waals surface area contributed by atoms with Crippen LogP contribution in [0.2, 0.25) is 5.02 Å². The Morgan fingerprint density at radius 2 is 1.89 bits per heavy atom. The second-order valence-electron chi connectivity index (χ2n) is 5.88. The highest BCUT2D eigenvalue weighted by Crippen LogP contribution is 2.22. The first-order valence-corrected chi connectivity index (χ1v) is 9.49. The van der Waals surface area contributed by atoms with Gasteiger partial charge in [-0.1, -0.05) is 11.6 Å². The highest BCUT2D eigenvalue weighted by molar-refractivity contribution is 7.15. The lowest BCUT2D eigenvalue weighted by atomic mass is 10.2. The Morgan fingerprint density at radius 3 is 2.63 bits per heavy atom. The average molecular weight is 401 g/mol. The SMILES string of the molecule is O=C(NCCc1csc2nc(-c3ccc(Cl)cc3)nn12)c1ccc(F)cc1. The van der Waals surface area contributed by atoms with Crippen molar-refractivity contribution in [3.8, 4) is 11.4 Å². The van der Waals surface area contributed by atoms with E-state index in [2.05, 4.69) is 15.4 Å². The standard InChI is InChI=1S/C19H14ClFN4OS/c20-14-5-1-12(2-6-14)17-23-19-25(24-17)16(11-27-19)9-10-22-18(26)13-3-7-15(21)8-4-13/h1-8,11H,9-10H2,(H,22,26). The van der Waals surface area contributed by atoms with Gasteiger partial charge in [-0.3, -0.25) is 4.79 Å². The molecular weight excluding hydrogens is 387 g/mol. The van der Waals surface area contributed by atoms with Crippen LogP contribution in [-0.2, 0) is 6.42 Å². The number of carbonyl (C=O) groups is 1. The number of fused-ring (bicyclic) bond motifs is 1. The Balaban J connectivity index is 1.44. The van der Waals surface area contributed by atoms with Crippen LogP contribution < -0.4 is 5.32 Å². The van der Waals surface area contributed by atoms with Crippen LogP contribution in [0.25, 0.3) is 16.3 Å². The Morgan fingerprint density at radius 1 is 1.15 bits per heavy atom. The van der Waals surface area contributed by atoms with Crippen molar-refractivity contribution in [1.82, 2.24) is 19.9 Å². The van der Waals surface area contributed by atoms with E-state index in [4.69, 9.17) is 11.6 Å². The van der Waals surface area contributed by atoms with Gasteiger partial charge in [0.15, 0.2) is 5.82 Å². The molecule has 2 aromatic carbocycles. The lowest BCUT2D eigenvalue weighted by Gasteiger charge is -2.04. The number of thiazole rings is 1. The van der Waals surface area contributed by atoms with Crippen LogP contribution in [0.4, 0.5) is 4.39 Å². The molecule has 0 aliphatic carbocycles. The number of nitrogens with zero attached hydrogens (tertiary/aromatic N) is 3. The lowest BCUT2D eigenvalue weighted by molar-refractivity contribution is 0.0954. The number of hydrogen-bond acceptors (Lipinski definition) is 4. The summed E-state index contributed by atoms with van der Waals surface area (Å²) in [7, 11) is 0. The number of halogens is 2. The molecule has 0 fully saturated rings. The fraction of sp³-hybridized carbons (Fsp3) is 0.105. The van der Waals surface area contributed by atoms with E-state index in [-0.39, 0.29) is 11.7 Å². The Hall–Kier alpha value is -2.77. The van der Waals surface area contributed by atoms with Gasteiger partial charge < -0.3 is 5.32 Å². The van der Waals surface area contributed by atoms with Crippen molar-refractivity contribution < 1.29 is 9.18 Å². The molecule has 0 bridgehead atoms. The molecule has 0 saturated carbocycles. The smallest absolute Gasteiger partial charge is 0.251 e. The minimum atomic E-state index is -0.366. The third kappa shape index (κ3) is 3.84. The first-order valence-electron chi connectivity index (χ1n) is 8.23. The number of carbonyl (C=O) groups excluding carboxylic acids is 1. The molecule has 4 aromatic rings. The lowest BCUT2D eigenvalue weighted by Crippen LogP contribution is -2.26. The number of nitrogens with one attached hydrogen (secondary N) is 1. The van der Waals surface area contributed by atoms with Gasteiger partial charge in [0.2, 0.25) is 4.96 Å². The van der Waals surface area contributed by atoms with Crippen LogP contribution in [0.3, 0.4) is 0 Å². The van der Waals surface area contributed by atoms with Crippen molar-refractivity contribution in [1.29, 1.82) is 0 Å². The number of rotatable bonds is 5. The monoisotopic (exact) mass is 400 g/mol. The van der Waals surface area contributed by atoms with Gasteiger partial charge in [0.1, 0.15) is 5.82 Å². The van der Waals surface area contributed by atoms with Crippen molar-refractivity contribution in [2.24, 2.45) is 0 Å². The summed E-state index contributed by atoms with van der Waals surface area (Å²) < 4.78 is 14.7. The molecule has 136 valence electrons. The Labute approximate surface area is 163 Å². The van der Waals surface area contributed by atoms with Crippen LogP contribution >= 0.6 is 22.9 Å². The summed E-state index contributed by atoms with van der Waals surface area (Å²) >= 11 is 7.42. The van der Waals surface area contributed by atoms with Crippen LogP contribution in [-0.4, -0.2) is 27.0 Å². The normalized spacial score (nSPS) is 11.0. The topological polar surface area (TPSA) is 59.3 Å². The van der Waals surface area contributed by atoms with Crippen molar-refractivity contribution in [3.63, 3.8) is 0 Å². The molecule has 0 spiro atoms. The van der Waals surface area contributed by atoms with Gasteiger partial charge in [-0.2, -0.15) is 4.98 Å². The molecule has 4 rings (SSSR count). The summed E-state index contributed by atoms with van der Waals surface area (Å²) in [4.78, 5) is 17.4. The van der Waals surface area contributed by atoms with Gasteiger partial charge in [0.25, 0.3) is 5.91 Å². The fourth-order valence-electron chi connectivity index (χ4n) is 2.63. The molecule has 27 heavy (non-hydrogen) atoms.